The van der Waals surface area contributed by atoms with Crippen molar-refractivity contribution in [2.24, 2.45) is 25.9 Å². The van der Waals surface area contributed by atoms with E-state index in [1.807, 2.05) is 13.8 Å². The Bertz CT molecular complexity index is 1100. The summed E-state index contributed by atoms with van der Waals surface area (Å²) in [5, 5.41) is 3.47. The van der Waals surface area contributed by atoms with E-state index in [4.69, 9.17) is 16.3 Å². The van der Waals surface area contributed by atoms with Gasteiger partial charge in [-0.1, -0.05) is 44.2 Å². The second-order valence-electron chi connectivity index (χ2n) is 7.65. The van der Waals surface area contributed by atoms with Crippen molar-refractivity contribution in [1.29, 1.82) is 0 Å². The Labute approximate surface area is 173 Å². The zero-order valence-corrected chi connectivity index (χ0v) is 17.6. The maximum Gasteiger partial charge on any atom is 0.332 e. The van der Waals surface area contributed by atoms with Crippen LogP contribution in [0.4, 0.5) is 5.82 Å². The number of aromatic nitrogens is 2. The molecular weight excluding hydrogens is 394 g/mol. The molecule has 0 spiro atoms. The van der Waals surface area contributed by atoms with Crippen molar-refractivity contribution in [2.75, 3.05) is 11.9 Å². The van der Waals surface area contributed by atoms with Gasteiger partial charge in [0, 0.05) is 30.7 Å². The molecule has 3 rings (SSSR count). The fourth-order valence-electron chi connectivity index (χ4n) is 3.58. The number of ether oxygens (including phenoxy) is 1. The number of carbonyl (C=O) groups is 1. The molecule has 0 aliphatic carbocycles. The van der Waals surface area contributed by atoms with Crippen molar-refractivity contribution in [2.45, 2.75) is 19.8 Å². The molecule has 0 bridgehead atoms. The highest BCUT2D eigenvalue weighted by Crippen LogP contribution is 2.42. The molecule has 0 saturated carbocycles. The Morgan fingerprint density at radius 2 is 1.97 bits per heavy atom. The van der Waals surface area contributed by atoms with Crippen LogP contribution in [-0.4, -0.2) is 21.7 Å². The Balaban J connectivity index is 2.27. The molecule has 8 heteroatoms. The van der Waals surface area contributed by atoms with Gasteiger partial charge in [-0.2, -0.15) is 0 Å². The second-order valence-corrected chi connectivity index (χ2v) is 8.09. The van der Waals surface area contributed by atoms with Crippen LogP contribution in [0.1, 0.15) is 30.9 Å². The van der Waals surface area contributed by atoms with Crippen molar-refractivity contribution in [3.8, 4) is 0 Å². The minimum atomic E-state index is -0.843. The number of nitrogens with zero attached hydrogens (tertiary/aromatic N) is 2. The minimum absolute atomic E-state index is 0.161. The molecule has 0 saturated heterocycles. The second kappa shape index (κ2) is 7.91. The van der Waals surface area contributed by atoms with E-state index in [0.29, 0.717) is 27.7 Å². The third kappa shape index (κ3) is 3.74. The summed E-state index contributed by atoms with van der Waals surface area (Å²) in [5.41, 5.74) is 0.383. The summed E-state index contributed by atoms with van der Waals surface area (Å²) in [6.45, 7) is 8.13. The van der Waals surface area contributed by atoms with Gasteiger partial charge in [0.2, 0.25) is 0 Å². The lowest BCUT2D eigenvalue weighted by molar-refractivity contribution is -0.148. The molecule has 0 fully saturated rings. The Morgan fingerprint density at radius 3 is 2.59 bits per heavy atom. The number of esters is 1. The van der Waals surface area contributed by atoms with Gasteiger partial charge in [-0.15, -0.1) is 0 Å². The number of anilines is 1. The summed E-state index contributed by atoms with van der Waals surface area (Å²) >= 11 is 6.19. The van der Waals surface area contributed by atoms with Gasteiger partial charge in [-0.05, 0) is 23.6 Å². The van der Waals surface area contributed by atoms with Crippen LogP contribution >= 0.6 is 11.6 Å². The van der Waals surface area contributed by atoms with E-state index in [0.717, 1.165) is 4.57 Å². The first-order valence-electron chi connectivity index (χ1n) is 9.31. The van der Waals surface area contributed by atoms with E-state index < -0.39 is 29.1 Å². The number of carbonyl (C=O) groups excluding carboxylic acids is 1. The molecule has 0 unspecified atom stereocenters. The normalized spacial score (nSPS) is 18.3. The third-order valence-corrected chi connectivity index (χ3v) is 5.25. The van der Waals surface area contributed by atoms with Crippen LogP contribution in [0.5, 0.6) is 0 Å². The van der Waals surface area contributed by atoms with Crippen LogP contribution in [0.15, 0.2) is 46.1 Å². The molecule has 7 nitrogen and oxygen atoms in total. The maximum absolute atomic E-state index is 13.1. The van der Waals surface area contributed by atoms with Gasteiger partial charge in [0.1, 0.15) is 11.7 Å². The Morgan fingerprint density at radius 1 is 1.28 bits per heavy atom. The largest absolute Gasteiger partial charge is 0.465 e. The lowest BCUT2D eigenvalue weighted by atomic mass is 9.77. The first kappa shape index (κ1) is 20.9. The van der Waals surface area contributed by atoms with Crippen molar-refractivity contribution >= 4 is 23.4 Å². The van der Waals surface area contributed by atoms with Crippen molar-refractivity contribution in [3.63, 3.8) is 0 Å². The van der Waals surface area contributed by atoms with Gasteiger partial charge in [0.15, 0.2) is 0 Å². The average Bonchev–Trinajstić information content (AvgIpc) is 2.67. The molecule has 1 aromatic heterocycles. The summed E-state index contributed by atoms with van der Waals surface area (Å²) < 4.78 is 7.86. The number of hydrogen-bond acceptors (Lipinski definition) is 5. The number of fused-ring (bicyclic) bond motifs is 1. The predicted octanol–water partition coefficient (Wildman–Crippen LogP) is 2.62. The predicted molar refractivity (Wildman–Crippen MR) is 112 cm³/mol. The summed E-state index contributed by atoms with van der Waals surface area (Å²) in [7, 11) is 2.98. The van der Waals surface area contributed by atoms with Gasteiger partial charge < -0.3 is 10.1 Å². The summed E-state index contributed by atoms with van der Waals surface area (Å²) in [6, 6.07) is 6.98. The van der Waals surface area contributed by atoms with Gasteiger partial charge >= 0.3 is 11.7 Å². The van der Waals surface area contributed by atoms with Gasteiger partial charge in [0.25, 0.3) is 5.56 Å². The van der Waals surface area contributed by atoms with Crippen molar-refractivity contribution in [1.82, 2.24) is 9.13 Å². The molecule has 1 N–H and O–H groups in total. The standard InChI is InChI=1S/C21H24ClN3O4/c1-11(2)10-29-20(27)15-12(3)23-18-17(19(26)25(5)21(28)24(18)4)16(15)13-7-6-8-14(22)9-13/h6-9,11,15-16,23H,3,10H2,1-2,4-5H3/t15-,16+/m0/s1. The summed E-state index contributed by atoms with van der Waals surface area (Å²) in [5.74, 6) is -1.54. The van der Waals surface area contributed by atoms with E-state index in [9.17, 15) is 14.4 Å². The number of benzene rings is 1. The molecule has 2 atom stereocenters. The van der Waals surface area contributed by atoms with Gasteiger partial charge in [-0.3, -0.25) is 18.7 Å². The third-order valence-electron chi connectivity index (χ3n) is 5.02. The molecule has 1 aliphatic heterocycles. The van der Waals surface area contributed by atoms with Gasteiger partial charge in [0.05, 0.1) is 12.2 Å². The number of hydrogen-bond donors (Lipinski definition) is 1. The summed E-state index contributed by atoms with van der Waals surface area (Å²) in [4.78, 5) is 38.5. The maximum atomic E-state index is 13.1. The van der Waals surface area contributed by atoms with Crippen molar-refractivity contribution < 1.29 is 9.53 Å². The van der Waals surface area contributed by atoms with E-state index in [-0.39, 0.29) is 12.5 Å². The van der Waals surface area contributed by atoms with Gasteiger partial charge in [-0.25, -0.2) is 4.79 Å². The SMILES string of the molecule is C=C1Nc2c(c(=O)n(C)c(=O)n2C)[C@H](c2cccc(Cl)c2)[C@H]1C(=O)OCC(C)C. The first-order valence-corrected chi connectivity index (χ1v) is 9.69. The van der Waals surface area contributed by atoms with Crippen molar-refractivity contribution in [3.05, 3.63) is 73.5 Å². The van der Waals surface area contributed by atoms with Crippen LogP contribution in [0, 0.1) is 11.8 Å². The Kier molecular flexibility index (Phi) is 5.71. The number of nitrogens with one attached hydrogen (secondary N) is 1. The van der Waals surface area contributed by atoms with E-state index in [1.165, 1.54) is 11.6 Å². The highest BCUT2D eigenvalue weighted by atomic mass is 35.5. The van der Waals surface area contributed by atoms with E-state index in [2.05, 4.69) is 11.9 Å². The lowest BCUT2D eigenvalue weighted by Gasteiger charge is -2.35. The smallest absolute Gasteiger partial charge is 0.332 e. The molecule has 1 aromatic carbocycles. The fraction of sp³-hybridized carbons (Fsp3) is 0.381. The quantitative estimate of drug-likeness (QED) is 0.773. The fourth-order valence-corrected chi connectivity index (χ4v) is 3.77. The van der Waals surface area contributed by atoms with E-state index in [1.54, 1.807) is 31.3 Å². The molecule has 1 aliphatic rings. The minimum Gasteiger partial charge on any atom is -0.465 e. The highest BCUT2D eigenvalue weighted by molar-refractivity contribution is 6.30. The lowest BCUT2D eigenvalue weighted by Crippen LogP contribution is -2.46. The molecule has 0 amide bonds. The highest BCUT2D eigenvalue weighted by Gasteiger charge is 2.42. The zero-order chi connectivity index (χ0) is 21.5. The van der Waals surface area contributed by atoms with Crippen LogP contribution < -0.4 is 16.6 Å². The molecule has 0 radical (unpaired) electrons. The van der Waals surface area contributed by atoms with Crippen LogP contribution in [-0.2, 0) is 23.6 Å². The molecule has 154 valence electrons. The zero-order valence-electron chi connectivity index (χ0n) is 16.9. The van der Waals surface area contributed by atoms with Crippen LogP contribution in [0.2, 0.25) is 5.02 Å². The molecule has 2 aromatic rings. The monoisotopic (exact) mass is 417 g/mol. The Hall–Kier alpha value is -2.80. The molecular formula is C21H24ClN3O4. The molecule has 2 heterocycles. The van der Waals surface area contributed by atoms with E-state index >= 15 is 0 Å². The van der Waals surface area contributed by atoms with Crippen LogP contribution in [0.25, 0.3) is 0 Å². The molecule has 29 heavy (non-hydrogen) atoms. The average molecular weight is 418 g/mol. The topological polar surface area (TPSA) is 82.3 Å². The summed E-state index contributed by atoms with van der Waals surface area (Å²) in [6.07, 6.45) is 0. The van der Waals surface area contributed by atoms with Crippen LogP contribution in [0.3, 0.4) is 0 Å². The number of rotatable bonds is 4. The first-order chi connectivity index (χ1) is 13.6. The number of halogens is 1.